The number of pyridine rings is 2. The highest BCUT2D eigenvalue weighted by Crippen LogP contribution is 2.29. The number of H-pyrrole nitrogens is 2. The van der Waals surface area contributed by atoms with Crippen molar-refractivity contribution in [3.8, 4) is 0 Å². The van der Waals surface area contributed by atoms with Gasteiger partial charge in [0, 0.05) is 60.5 Å². The van der Waals surface area contributed by atoms with Crippen LogP contribution in [0.2, 0.25) is 0 Å². The largest absolute Gasteiger partial charge is 0.361 e. The summed E-state index contributed by atoms with van der Waals surface area (Å²) in [4.78, 5) is 6.57. The van der Waals surface area contributed by atoms with Crippen LogP contribution < -0.4 is 9.13 Å². The highest BCUT2D eigenvalue weighted by atomic mass is 15.0. The Bertz CT molecular complexity index is 2170. The number of fused-ring (bicyclic) bond motifs is 7. The summed E-state index contributed by atoms with van der Waals surface area (Å²) in [6.45, 7) is 2.04. The summed E-state index contributed by atoms with van der Waals surface area (Å²) in [7, 11) is 0. The first kappa shape index (κ1) is 26.9. The van der Waals surface area contributed by atoms with Gasteiger partial charge in [-0.15, -0.1) is 0 Å². The van der Waals surface area contributed by atoms with Gasteiger partial charge in [0.2, 0.25) is 0 Å². The van der Waals surface area contributed by atoms with Crippen molar-refractivity contribution >= 4 is 46.1 Å². The Morgan fingerprint density at radius 1 is 0.478 bits per heavy atom. The minimum atomic E-state index is 0.969. The second kappa shape index (κ2) is 11.1. The molecule has 0 atom stereocenters. The van der Waals surface area contributed by atoms with Crippen molar-refractivity contribution in [3.05, 3.63) is 166 Å². The molecule has 6 heterocycles. The van der Waals surface area contributed by atoms with Gasteiger partial charge in [-0.3, -0.25) is 0 Å². The first-order valence-corrected chi connectivity index (χ1v) is 16.4. The number of nitrogens with zero attached hydrogens (tertiary/aromatic N) is 2. The van der Waals surface area contributed by atoms with Crippen LogP contribution in [0.4, 0.5) is 0 Å². The molecule has 0 saturated heterocycles. The van der Waals surface area contributed by atoms with E-state index in [1.54, 1.807) is 0 Å². The third-order valence-electron chi connectivity index (χ3n) is 9.97. The van der Waals surface area contributed by atoms with E-state index in [0.717, 1.165) is 38.8 Å². The van der Waals surface area contributed by atoms with Gasteiger partial charge in [-0.2, -0.15) is 0 Å². The fraction of sp³-hybridized carbons (Fsp3) is 0.143. The summed E-state index contributed by atoms with van der Waals surface area (Å²) in [6, 6.07) is 31.5. The van der Waals surface area contributed by atoms with Gasteiger partial charge in [0.15, 0.2) is 36.9 Å². The highest BCUT2D eigenvalue weighted by Gasteiger charge is 2.27. The van der Waals surface area contributed by atoms with Gasteiger partial charge >= 0.3 is 0 Å². The first-order valence-electron chi connectivity index (χ1n) is 16.4. The monoisotopic (exact) mass is 596 g/mol. The standard InChI is InChI=1S/C42H34N4/c1(29-5-9-41-35(23-29)11-17-43-41)3-31-13-19-45-21-15-33-7-8-34-16-22-46-20-14-32(4-2-30-6-10-42-36(24-30)12-18-44-42)26-38(46)28-40(34)39(33)27-37(45)25-31/h1-14,17-20,23-26H,15-16,21-22,27-28H2/p+2. The van der Waals surface area contributed by atoms with Gasteiger partial charge in [0.05, 0.1) is 12.8 Å². The summed E-state index contributed by atoms with van der Waals surface area (Å²) in [5.41, 5.74) is 16.2. The minimum Gasteiger partial charge on any atom is -0.361 e. The van der Waals surface area contributed by atoms with Gasteiger partial charge in [-0.05, 0) is 91.7 Å². The van der Waals surface area contributed by atoms with Crippen molar-refractivity contribution in [2.24, 2.45) is 0 Å². The summed E-state index contributed by atoms with van der Waals surface area (Å²) < 4.78 is 4.92. The topological polar surface area (TPSA) is 39.3 Å². The molecule has 0 saturated carbocycles. The van der Waals surface area contributed by atoms with Crippen molar-refractivity contribution in [1.82, 2.24) is 9.97 Å². The molecule has 4 heteroatoms. The molecule has 2 N–H and O–H groups in total. The van der Waals surface area contributed by atoms with Crippen molar-refractivity contribution in [3.63, 3.8) is 0 Å². The number of aromatic nitrogens is 4. The van der Waals surface area contributed by atoms with E-state index in [4.69, 9.17) is 0 Å². The van der Waals surface area contributed by atoms with E-state index in [0.29, 0.717) is 0 Å². The Labute approximate surface area is 269 Å². The molecule has 4 nitrogen and oxygen atoms in total. The number of benzene rings is 3. The molecule has 7 aromatic rings. The first-order chi connectivity index (χ1) is 22.7. The lowest BCUT2D eigenvalue weighted by molar-refractivity contribution is -0.702. The fourth-order valence-corrected chi connectivity index (χ4v) is 7.42. The number of aryl methyl sites for hydroxylation is 4. The molecule has 9 rings (SSSR count). The Kier molecular flexibility index (Phi) is 6.52. The molecule has 0 radical (unpaired) electrons. The maximum absolute atomic E-state index is 3.29. The van der Waals surface area contributed by atoms with E-state index in [2.05, 4.69) is 141 Å². The molecular formula is C42H36N4+2. The molecule has 0 aliphatic carbocycles. The van der Waals surface area contributed by atoms with E-state index in [-0.39, 0.29) is 0 Å². The SMILES string of the molecule is C(=C\c1ccc2[nH]ccc2c1)/c1cc[n+]2c(c1)Cc1c(ccc3c1Cc1cc(/C=C/c4ccc5[nH]ccc5c4)cc[n+]1CC3)CC2. The average Bonchev–Trinajstić information content (AvgIpc) is 3.66. The molecule has 2 aliphatic rings. The maximum atomic E-state index is 3.29. The van der Waals surface area contributed by atoms with Gasteiger partial charge < -0.3 is 9.97 Å². The van der Waals surface area contributed by atoms with Gasteiger partial charge in [-0.25, -0.2) is 9.13 Å². The molecule has 0 amide bonds. The molecule has 2 aliphatic heterocycles. The second-order valence-corrected chi connectivity index (χ2v) is 12.8. The maximum Gasteiger partial charge on any atom is 0.186 e. The van der Waals surface area contributed by atoms with E-state index < -0.39 is 0 Å². The van der Waals surface area contributed by atoms with Crippen LogP contribution in [-0.4, -0.2) is 9.97 Å². The van der Waals surface area contributed by atoms with Gasteiger partial charge in [0.1, 0.15) is 0 Å². The predicted octanol–water partition coefficient (Wildman–Crippen LogP) is 7.86. The third-order valence-corrected chi connectivity index (χ3v) is 9.97. The van der Waals surface area contributed by atoms with Crippen LogP contribution in [-0.2, 0) is 38.8 Å². The normalized spacial score (nSPS) is 14.3. The average molecular weight is 597 g/mol. The molecule has 3 aromatic carbocycles. The highest BCUT2D eigenvalue weighted by molar-refractivity contribution is 5.84. The molecular weight excluding hydrogens is 560 g/mol. The van der Waals surface area contributed by atoms with Crippen LogP contribution in [0.5, 0.6) is 0 Å². The lowest BCUT2D eigenvalue weighted by Crippen LogP contribution is -2.38. The quantitative estimate of drug-likeness (QED) is 0.194. The Balaban J connectivity index is 1.01. The zero-order valence-corrected chi connectivity index (χ0v) is 25.8. The summed E-state index contributed by atoms with van der Waals surface area (Å²) in [5.74, 6) is 0. The van der Waals surface area contributed by atoms with Crippen LogP contribution in [0.3, 0.4) is 0 Å². The van der Waals surface area contributed by atoms with Crippen molar-refractivity contribution < 1.29 is 9.13 Å². The van der Waals surface area contributed by atoms with Gasteiger partial charge in [0.25, 0.3) is 0 Å². The molecule has 0 bridgehead atoms. The predicted molar refractivity (Wildman–Crippen MR) is 187 cm³/mol. The Morgan fingerprint density at radius 3 is 1.41 bits per heavy atom. The molecule has 0 spiro atoms. The smallest absolute Gasteiger partial charge is 0.186 e. The van der Waals surface area contributed by atoms with Crippen molar-refractivity contribution in [2.75, 3.05) is 0 Å². The number of nitrogens with one attached hydrogen (secondary N) is 2. The minimum absolute atomic E-state index is 0.969. The lowest BCUT2D eigenvalue weighted by Gasteiger charge is -2.13. The Morgan fingerprint density at radius 2 is 0.935 bits per heavy atom. The summed E-state index contributed by atoms with van der Waals surface area (Å²) in [5, 5.41) is 2.49. The van der Waals surface area contributed by atoms with E-state index in [1.807, 2.05) is 12.4 Å². The van der Waals surface area contributed by atoms with Crippen LogP contribution in [0, 0.1) is 0 Å². The molecule has 0 fully saturated rings. The molecule has 46 heavy (non-hydrogen) atoms. The molecule has 0 unspecified atom stereocenters. The molecule has 4 aromatic heterocycles. The number of aromatic amines is 2. The molecule has 222 valence electrons. The van der Waals surface area contributed by atoms with Crippen molar-refractivity contribution in [1.29, 1.82) is 0 Å². The summed E-state index contributed by atoms with van der Waals surface area (Å²) in [6.07, 6.45) is 21.6. The number of rotatable bonds is 4. The van der Waals surface area contributed by atoms with Crippen LogP contribution in [0.1, 0.15) is 55.9 Å². The van der Waals surface area contributed by atoms with E-state index >= 15 is 0 Å². The van der Waals surface area contributed by atoms with E-state index in [1.165, 1.54) is 77.7 Å². The fourth-order valence-electron chi connectivity index (χ4n) is 7.42. The van der Waals surface area contributed by atoms with E-state index in [9.17, 15) is 0 Å². The third kappa shape index (κ3) is 5.06. The van der Waals surface area contributed by atoms with Crippen LogP contribution >= 0.6 is 0 Å². The zero-order valence-electron chi connectivity index (χ0n) is 25.8. The van der Waals surface area contributed by atoms with Gasteiger partial charge in [-0.1, -0.05) is 48.6 Å². The zero-order chi connectivity index (χ0) is 30.5. The summed E-state index contributed by atoms with van der Waals surface area (Å²) >= 11 is 0. The second-order valence-electron chi connectivity index (χ2n) is 12.8. The van der Waals surface area contributed by atoms with Crippen LogP contribution in [0.25, 0.3) is 46.1 Å². The lowest BCUT2D eigenvalue weighted by atomic mass is 9.89. The Hall–Kier alpha value is -5.48. The number of hydrogen-bond acceptors (Lipinski definition) is 0. The number of hydrogen-bond donors (Lipinski definition) is 2. The van der Waals surface area contributed by atoms with Crippen LogP contribution in [0.15, 0.2) is 110 Å². The van der Waals surface area contributed by atoms with Crippen molar-refractivity contribution in [2.45, 2.75) is 38.8 Å².